The van der Waals surface area contributed by atoms with Crippen molar-refractivity contribution in [2.45, 2.75) is 37.6 Å². The number of carbonyl (C=O) groups excluding carboxylic acids is 2. The molecular formula is C16H20N4O3S2. The summed E-state index contributed by atoms with van der Waals surface area (Å²) in [5, 5.41) is 13.7. The Bertz CT molecular complexity index is 739. The highest BCUT2D eigenvalue weighted by Crippen LogP contribution is 2.25. The monoisotopic (exact) mass is 380 g/mol. The van der Waals surface area contributed by atoms with Crippen molar-refractivity contribution in [2.24, 2.45) is 0 Å². The first-order chi connectivity index (χ1) is 11.8. The molecule has 134 valence electrons. The fourth-order valence-electron chi connectivity index (χ4n) is 1.74. The quantitative estimate of drug-likeness (QED) is 0.595. The van der Waals surface area contributed by atoms with Gasteiger partial charge in [-0.05, 0) is 50.8 Å². The number of hydrogen-bond acceptors (Lipinski definition) is 7. The van der Waals surface area contributed by atoms with E-state index in [2.05, 4.69) is 20.8 Å². The van der Waals surface area contributed by atoms with Crippen LogP contribution in [0.2, 0.25) is 0 Å². The first kappa shape index (κ1) is 19.2. The van der Waals surface area contributed by atoms with Gasteiger partial charge < -0.3 is 4.74 Å². The Balaban J connectivity index is 1.94. The summed E-state index contributed by atoms with van der Waals surface area (Å²) in [6.45, 7) is 7.39. The molecule has 0 atom stereocenters. The highest BCUT2D eigenvalue weighted by atomic mass is 32.2. The van der Waals surface area contributed by atoms with Gasteiger partial charge in [0.05, 0.1) is 0 Å². The maximum Gasteiger partial charge on any atom is 0.412 e. The Morgan fingerprint density at radius 1 is 1.16 bits per heavy atom. The Kier molecular flexibility index (Phi) is 6.38. The van der Waals surface area contributed by atoms with E-state index in [4.69, 9.17) is 4.74 Å². The van der Waals surface area contributed by atoms with Gasteiger partial charge in [-0.25, -0.2) is 4.79 Å². The number of thioether (sulfide) groups is 1. The smallest absolute Gasteiger partial charge is 0.412 e. The van der Waals surface area contributed by atoms with Crippen molar-refractivity contribution in [1.29, 1.82) is 0 Å². The van der Waals surface area contributed by atoms with Crippen LogP contribution in [0.25, 0.3) is 0 Å². The molecule has 1 aromatic carbocycles. The zero-order chi connectivity index (χ0) is 18.4. The Morgan fingerprint density at radius 2 is 1.84 bits per heavy atom. The molecule has 0 unspecified atom stereocenters. The number of aromatic nitrogens is 2. The predicted molar refractivity (Wildman–Crippen MR) is 101 cm³/mol. The average molecular weight is 380 g/mol. The lowest BCUT2D eigenvalue weighted by molar-refractivity contribution is 0.0636. The third-order valence-electron chi connectivity index (χ3n) is 2.69. The Morgan fingerprint density at radius 3 is 2.44 bits per heavy atom. The van der Waals surface area contributed by atoms with Gasteiger partial charge in [0, 0.05) is 11.3 Å². The van der Waals surface area contributed by atoms with Gasteiger partial charge in [0.15, 0.2) is 4.34 Å². The molecule has 0 saturated heterocycles. The minimum Gasteiger partial charge on any atom is -0.444 e. The number of nitrogens with one attached hydrogen (secondary N) is 2. The van der Waals surface area contributed by atoms with Crippen LogP contribution in [0.3, 0.4) is 0 Å². The largest absolute Gasteiger partial charge is 0.444 e. The van der Waals surface area contributed by atoms with E-state index in [1.807, 2.05) is 6.92 Å². The normalized spacial score (nSPS) is 11.0. The third-order valence-corrected chi connectivity index (χ3v) is 4.54. The molecule has 2 N–H and O–H groups in total. The van der Waals surface area contributed by atoms with Crippen molar-refractivity contribution < 1.29 is 14.3 Å². The molecule has 0 radical (unpaired) electrons. The third kappa shape index (κ3) is 6.35. The average Bonchev–Trinajstić information content (AvgIpc) is 2.93. The summed E-state index contributed by atoms with van der Waals surface area (Å²) in [5.74, 6) is 0.613. The van der Waals surface area contributed by atoms with Crippen LogP contribution in [0.4, 0.5) is 15.6 Å². The number of hydrogen-bond donors (Lipinski definition) is 2. The molecule has 2 aromatic rings. The van der Waals surface area contributed by atoms with Gasteiger partial charge in [0.1, 0.15) is 5.60 Å². The van der Waals surface area contributed by atoms with Gasteiger partial charge >= 0.3 is 6.09 Å². The summed E-state index contributed by atoms with van der Waals surface area (Å²) in [5.41, 5.74) is 0.429. The minimum atomic E-state index is -0.569. The second-order valence-electron chi connectivity index (χ2n) is 5.96. The standard InChI is InChI=1S/C16H20N4O3S2/c1-5-24-15-20-19-13(25-15)18-12(21)10-6-8-11(9-7-10)17-14(22)23-16(2,3)4/h6-9H,5H2,1-4H3,(H,17,22)(H,18,19,21). The second kappa shape index (κ2) is 8.30. The number of ether oxygens (including phenoxy) is 1. The number of carbonyl (C=O) groups is 2. The minimum absolute atomic E-state index is 0.284. The molecule has 0 saturated carbocycles. The summed E-state index contributed by atoms with van der Waals surface area (Å²) < 4.78 is 5.99. The van der Waals surface area contributed by atoms with Crippen molar-refractivity contribution in [1.82, 2.24) is 10.2 Å². The number of anilines is 2. The van der Waals surface area contributed by atoms with Crippen LogP contribution in [0.1, 0.15) is 38.1 Å². The lowest BCUT2D eigenvalue weighted by Gasteiger charge is -2.19. The van der Waals surface area contributed by atoms with E-state index in [1.165, 1.54) is 11.3 Å². The fourth-order valence-corrected chi connectivity index (χ4v) is 3.38. The molecule has 9 heteroatoms. The Hall–Kier alpha value is -2.13. The van der Waals surface area contributed by atoms with E-state index in [-0.39, 0.29) is 5.91 Å². The van der Waals surface area contributed by atoms with Crippen LogP contribution in [0, 0.1) is 0 Å². The van der Waals surface area contributed by atoms with Crippen LogP contribution in [-0.2, 0) is 4.74 Å². The van der Waals surface area contributed by atoms with Gasteiger partial charge in [-0.15, -0.1) is 10.2 Å². The molecule has 0 spiro atoms. The lowest BCUT2D eigenvalue weighted by Crippen LogP contribution is -2.27. The molecule has 0 aliphatic rings. The highest BCUT2D eigenvalue weighted by Gasteiger charge is 2.16. The van der Waals surface area contributed by atoms with Crippen LogP contribution in [0.5, 0.6) is 0 Å². The van der Waals surface area contributed by atoms with E-state index in [0.717, 1.165) is 10.1 Å². The maximum absolute atomic E-state index is 12.2. The van der Waals surface area contributed by atoms with Crippen molar-refractivity contribution >= 4 is 45.9 Å². The predicted octanol–water partition coefficient (Wildman–Crippen LogP) is 4.25. The summed E-state index contributed by atoms with van der Waals surface area (Å²) in [6, 6.07) is 6.50. The van der Waals surface area contributed by atoms with Crippen LogP contribution in [0.15, 0.2) is 28.6 Å². The summed E-state index contributed by atoms with van der Waals surface area (Å²) in [6.07, 6.45) is -0.542. The highest BCUT2D eigenvalue weighted by molar-refractivity contribution is 8.01. The van der Waals surface area contributed by atoms with Crippen LogP contribution < -0.4 is 10.6 Å². The summed E-state index contributed by atoms with van der Waals surface area (Å²) in [7, 11) is 0. The van der Waals surface area contributed by atoms with Crippen molar-refractivity contribution in [3.05, 3.63) is 29.8 Å². The van der Waals surface area contributed by atoms with Crippen LogP contribution in [-0.4, -0.2) is 33.6 Å². The number of amides is 2. The fraction of sp³-hybridized carbons (Fsp3) is 0.375. The molecule has 0 bridgehead atoms. The number of nitrogens with zero attached hydrogens (tertiary/aromatic N) is 2. The van der Waals surface area contributed by atoms with E-state index in [9.17, 15) is 9.59 Å². The SMILES string of the molecule is CCSc1nnc(NC(=O)c2ccc(NC(=O)OC(C)(C)C)cc2)s1. The zero-order valence-electron chi connectivity index (χ0n) is 14.5. The summed E-state index contributed by atoms with van der Waals surface area (Å²) >= 11 is 2.90. The Labute approximate surface area is 154 Å². The van der Waals surface area contributed by atoms with Gasteiger partial charge in [0.25, 0.3) is 5.91 Å². The second-order valence-corrected chi connectivity index (χ2v) is 8.45. The first-order valence-corrected chi connectivity index (χ1v) is 9.45. The van der Waals surface area contributed by atoms with Crippen LogP contribution >= 0.6 is 23.1 Å². The maximum atomic E-state index is 12.2. The van der Waals surface area contributed by atoms with Gasteiger partial charge in [0.2, 0.25) is 5.13 Å². The van der Waals surface area contributed by atoms with Crippen molar-refractivity contribution in [3.8, 4) is 0 Å². The molecule has 1 aromatic heterocycles. The molecule has 2 rings (SSSR count). The molecule has 0 aliphatic heterocycles. The number of rotatable bonds is 5. The van der Waals surface area contributed by atoms with E-state index in [1.54, 1.807) is 56.8 Å². The molecule has 0 fully saturated rings. The number of benzene rings is 1. The summed E-state index contributed by atoms with van der Waals surface area (Å²) in [4.78, 5) is 23.9. The zero-order valence-corrected chi connectivity index (χ0v) is 16.1. The molecule has 2 amide bonds. The molecule has 0 aliphatic carbocycles. The van der Waals surface area contributed by atoms with E-state index >= 15 is 0 Å². The van der Waals surface area contributed by atoms with Gasteiger partial charge in [-0.3, -0.25) is 15.4 Å². The van der Waals surface area contributed by atoms with E-state index < -0.39 is 11.7 Å². The molecular weight excluding hydrogens is 360 g/mol. The first-order valence-electron chi connectivity index (χ1n) is 7.64. The van der Waals surface area contributed by atoms with Gasteiger partial charge in [-0.2, -0.15) is 0 Å². The molecule has 1 heterocycles. The van der Waals surface area contributed by atoms with Gasteiger partial charge in [-0.1, -0.05) is 30.0 Å². The lowest BCUT2D eigenvalue weighted by atomic mass is 10.2. The van der Waals surface area contributed by atoms with E-state index in [0.29, 0.717) is 16.4 Å². The van der Waals surface area contributed by atoms with Crippen molar-refractivity contribution in [2.75, 3.05) is 16.4 Å². The molecule has 7 nitrogen and oxygen atoms in total. The molecule has 25 heavy (non-hydrogen) atoms. The van der Waals surface area contributed by atoms with Crippen molar-refractivity contribution in [3.63, 3.8) is 0 Å². The topological polar surface area (TPSA) is 93.2 Å².